The first-order valence-electron chi connectivity index (χ1n) is 6.90. The van der Waals surface area contributed by atoms with E-state index in [1.807, 2.05) is 35.7 Å². The van der Waals surface area contributed by atoms with Gasteiger partial charge in [-0.3, -0.25) is 4.68 Å². The summed E-state index contributed by atoms with van der Waals surface area (Å²) in [6, 6.07) is 1.95. The molecule has 0 fully saturated rings. The molecule has 0 aliphatic rings. The average Bonchev–Trinajstić information content (AvgIpc) is 3.02. The molecule has 1 unspecified atom stereocenters. The van der Waals surface area contributed by atoms with E-state index in [2.05, 4.69) is 28.5 Å². The SMILES string of the molecule is CC(C)C(CN)c1cncn1CCCn1cccn1. The summed E-state index contributed by atoms with van der Waals surface area (Å²) in [6.45, 7) is 6.97. The van der Waals surface area contributed by atoms with Crippen molar-refractivity contribution in [2.75, 3.05) is 6.54 Å². The highest BCUT2D eigenvalue weighted by atomic mass is 15.3. The number of aryl methyl sites for hydroxylation is 2. The van der Waals surface area contributed by atoms with Gasteiger partial charge in [0.2, 0.25) is 0 Å². The van der Waals surface area contributed by atoms with Gasteiger partial charge >= 0.3 is 0 Å². The van der Waals surface area contributed by atoms with Crippen LogP contribution in [0.3, 0.4) is 0 Å². The third kappa shape index (κ3) is 3.44. The summed E-state index contributed by atoms with van der Waals surface area (Å²) >= 11 is 0. The van der Waals surface area contributed by atoms with Gasteiger partial charge in [0.1, 0.15) is 0 Å². The van der Waals surface area contributed by atoms with Crippen LogP contribution in [0.4, 0.5) is 0 Å². The van der Waals surface area contributed by atoms with Crippen molar-refractivity contribution >= 4 is 0 Å². The monoisotopic (exact) mass is 261 g/mol. The Hall–Kier alpha value is -1.62. The minimum Gasteiger partial charge on any atom is -0.334 e. The predicted molar refractivity (Wildman–Crippen MR) is 75.7 cm³/mol. The molecule has 2 heterocycles. The molecule has 5 heteroatoms. The van der Waals surface area contributed by atoms with Crippen molar-refractivity contribution in [3.05, 3.63) is 36.7 Å². The molecule has 0 aromatic carbocycles. The smallest absolute Gasteiger partial charge is 0.0948 e. The normalized spacial score (nSPS) is 13.1. The number of hydrogen-bond acceptors (Lipinski definition) is 3. The fourth-order valence-electron chi connectivity index (χ4n) is 2.40. The van der Waals surface area contributed by atoms with Crippen molar-refractivity contribution in [2.24, 2.45) is 11.7 Å². The molecule has 0 amide bonds. The van der Waals surface area contributed by atoms with Gasteiger partial charge in [-0.2, -0.15) is 5.10 Å². The Morgan fingerprint density at radius 2 is 2.16 bits per heavy atom. The summed E-state index contributed by atoms with van der Waals surface area (Å²) in [7, 11) is 0. The standard InChI is InChI=1S/C14H23N5/c1-12(2)13(9-15)14-10-16-11-18(14)6-4-8-19-7-3-5-17-19/h3,5,7,10-13H,4,6,8-9,15H2,1-2H3. The zero-order valence-electron chi connectivity index (χ0n) is 11.7. The number of hydrogen-bond donors (Lipinski definition) is 1. The minimum atomic E-state index is 0.382. The van der Waals surface area contributed by atoms with Crippen molar-refractivity contribution in [3.63, 3.8) is 0 Å². The first kappa shape index (κ1) is 13.8. The molecule has 2 aromatic rings. The van der Waals surface area contributed by atoms with Crippen molar-refractivity contribution in [1.29, 1.82) is 0 Å². The van der Waals surface area contributed by atoms with E-state index in [9.17, 15) is 0 Å². The fraction of sp³-hybridized carbons (Fsp3) is 0.571. The molecular formula is C14H23N5. The molecule has 0 saturated carbocycles. The van der Waals surface area contributed by atoms with Crippen LogP contribution in [0.15, 0.2) is 31.0 Å². The second kappa shape index (κ2) is 6.52. The first-order chi connectivity index (χ1) is 9.22. The summed E-state index contributed by atoms with van der Waals surface area (Å²) in [4.78, 5) is 4.27. The van der Waals surface area contributed by atoms with Gasteiger partial charge in [-0.1, -0.05) is 13.8 Å². The van der Waals surface area contributed by atoms with Crippen LogP contribution in [0.2, 0.25) is 0 Å². The maximum absolute atomic E-state index is 5.88. The number of nitrogens with zero attached hydrogens (tertiary/aromatic N) is 4. The van der Waals surface area contributed by atoms with Crippen LogP contribution in [0, 0.1) is 5.92 Å². The Morgan fingerprint density at radius 1 is 1.32 bits per heavy atom. The highest BCUT2D eigenvalue weighted by molar-refractivity contribution is 5.08. The van der Waals surface area contributed by atoms with Crippen LogP contribution >= 0.6 is 0 Å². The van der Waals surface area contributed by atoms with Crippen LogP contribution in [0.25, 0.3) is 0 Å². The molecule has 5 nitrogen and oxygen atoms in total. The topological polar surface area (TPSA) is 61.7 Å². The highest BCUT2D eigenvalue weighted by Crippen LogP contribution is 2.23. The second-order valence-electron chi connectivity index (χ2n) is 5.22. The Kier molecular flexibility index (Phi) is 4.74. The van der Waals surface area contributed by atoms with Crippen molar-refractivity contribution in [2.45, 2.75) is 39.3 Å². The molecule has 19 heavy (non-hydrogen) atoms. The van der Waals surface area contributed by atoms with Crippen LogP contribution in [-0.2, 0) is 13.1 Å². The van der Waals surface area contributed by atoms with E-state index in [0.717, 1.165) is 19.5 Å². The molecule has 0 aliphatic carbocycles. The molecule has 2 rings (SSSR count). The van der Waals surface area contributed by atoms with Gasteiger partial charge in [0, 0.05) is 49.8 Å². The van der Waals surface area contributed by atoms with E-state index in [4.69, 9.17) is 5.73 Å². The summed E-state index contributed by atoms with van der Waals surface area (Å²) in [6.07, 6.45) is 8.70. The zero-order chi connectivity index (χ0) is 13.7. The van der Waals surface area contributed by atoms with E-state index in [0.29, 0.717) is 18.4 Å². The fourth-order valence-corrected chi connectivity index (χ4v) is 2.40. The van der Waals surface area contributed by atoms with Gasteiger partial charge in [-0.15, -0.1) is 0 Å². The number of imidazole rings is 1. The number of aromatic nitrogens is 4. The van der Waals surface area contributed by atoms with Gasteiger partial charge in [-0.05, 0) is 18.4 Å². The van der Waals surface area contributed by atoms with E-state index in [1.54, 1.807) is 0 Å². The molecule has 1 atom stereocenters. The van der Waals surface area contributed by atoms with Crippen LogP contribution in [-0.4, -0.2) is 25.9 Å². The van der Waals surface area contributed by atoms with Gasteiger partial charge in [0.25, 0.3) is 0 Å². The quantitative estimate of drug-likeness (QED) is 0.827. The third-order valence-electron chi connectivity index (χ3n) is 3.53. The van der Waals surface area contributed by atoms with Gasteiger partial charge < -0.3 is 10.3 Å². The van der Waals surface area contributed by atoms with Gasteiger partial charge in [-0.25, -0.2) is 4.98 Å². The number of nitrogens with two attached hydrogens (primary N) is 1. The molecule has 0 bridgehead atoms. The van der Waals surface area contributed by atoms with E-state index in [-0.39, 0.29) is 0 Å². The van der Waals surface area contributed by atoms with E-state index in [1.165, 1.54) is 5.69 Å². The lowest BCUT2D eigenvalue weighted by Crippen LogP contribution is -2.21. The molecule has 0 spiro atoms. The number of rotatable bonds is 7. The van der Waals surface area contributed by atoms with Crippen molar-refractivity contribution in [3.8, 4) is 0 Å². The van der Waals surface area contributed by atoms with E-state index < -0.39 is 0 Å². The van der Waals surface area contributed by atoms with Crippen LogP contribution in [0.5, 0.6) is 0 Å². The lowest BCUT2D eigenvalue weighted by molar-refractivity contribution is 0.456. The molecule has 0 radical (unpaired) electrons. The lowest BCUT2D eigenvalue weighted by atomic mass is 9.93. The Morgan fingerprint density at radius 3 is 2.79 bits per heavy atom. The van der Waals surface area contributed by atoms with Gasteiger partial charge in [0.05, 0.1) is 6.33 Å². The van der Waals surface area contributed by atoms with Crippen molar-refractivity contribution < 1.29 is 0 Å². The summed E-state index contributed by atoms with van der Waals surface area (Å²) in [5.41, 5.74) is 7.13. The molecule has 0 aliphatic heterocycles. The Balaban J connectivity index is 1.95. The minimum absolute atomic E-state index is 0.382. The zero-order valence-corrected chi connectivity index (χ0v) is 11.7. The summed E-state index contributed by atoms with van der Waals surface area (Å²) in [5.74, 6) is 0.916. The van der Waals surface area contributed by atoms with Gasteiger partial charge in [0.15, 0.2) is 0 Å². The summed E-state index contributed by atoms with van der Waals surface area (Å²) < 4.78 is 4.18. The molecule has 2 aromatic heterocycles. The largest absolute Gasteiger partial charge is 0.334 e. The van der Waals surface area contributed by atoms with Crippen LogP contribution < -0.4 is 5.73 Å². The Bertz CT molecular complexity index is 472. The average molecular weight is 261 g/mol. The first-order valence-corrected chi connectivity index (χ1v) is 6.90. The molecular weight excluding hydrogens is 238 g/mol. The maximum atomic E-state index is 5.88. The molecule has 2 N–H and O–H groups in total. The molecule has 0 saturated heterocycles. The molecule has 104 valence electrons. The predicted octanol–water partition coefficient (Wildman–Crippen LogP) is 1.87. The van der Waals surface area contributed by atoms with Crippen LogP contribution in [0.1, 0.15) is 31.9 Å². The summed E-state index contributed by atoms with van der Waals surface area (Å²) in [5, 5.41) is 4.21. The van der Waals surface area contributed by atoms with Crippen molar-refractivity contribution in [1.82, 2.24) is 19.3 Å². The lowest BCUT2D eigenvalue weighted by Gasteiger charge is -2.20. The maximum Gasteiger partial charge on any atom is 0.0948 e. The third-order valence-corrected chi connectivity index (χ3v) is 3.53. The highest BCUT2D eigenvalue weighted by Gasteiger charge is 2.17. The Labute approximate surface area is 114 Å². The van der Waals surface area contributed by atoms with E-state index >= 15 is 0 Å². The second-order valence-corrected chi connectivity index (χ2v) is 5.22.